The first kappa shape index (κ1) is 18.9. The summed E-state index contributed by atoms with van der Waals surface area (Å²) in [5.74, 6) is 0. The average Bonchev–Trinajstić information content (AvgIpc) is 3.09. The van der Waals surface area contributed by atoms with Crippen molar-refractivity contribution in [2.45, 2.75) is 52.1 Å². The number of hydrogen-bond donors (Lipinski definition) is 2. The molecule has 4 heteroatoms. The number of nitrogens with one attached hydrogen (secondary N) is 2. The number of benzene rings is 2. The zero-order valence-electron chi connectivity index (χ0n) is 15.6. The molecule has 0 aliphatic heterocycles. The topological polar surface area (TPSA) is 40.7 Å². The summed E-state index contributed by atoms with van der Waals surface area (Å²) in [5, 5.41) is 3.76. The number of H-pyrrole nitrogens is 1. The van der Waals surface area contributed by atoms with Gasteiger partial charge in [-0.3, -0.25) is 0 Å². The minimum atomic E-state index is 0. The lowest BCUT2D eigenvalue weighted by Crippen LogP contribution is -2.35. The molecule has 1 aromatic heterocycles. The van der Waals surface area contributed by atoms with Crippen LogP contribution >= 0.6 is 12.4 Å². The van der Waals surface area contributed by atoms with Crippen LogP contribution in [0.15, 0.2) is 48.8 Å². The molecule has 1 heterocycles. The van der Waals surface area contributed by atoms with Crippen LogP contribution in [0.1, 0.15) is 45.1 Å². The van der Waals surface area contributed by atoms with Gasteiger partial charge in [-0.25, -0.2) is 4.98 Å². The number of aromatic amines is 1. The smallest absolute Gasteiger partial charge is 0.0931 e. The number of hydrogen-bond acceptors (Lipinski definition) is 2. The number of nitrogens with zero attached hydrogens (tertiary/aromatic N) is 1. The Balaban J connectivity index is 0.00000196. The van der Waals surface area contributed by atoms with E-state index < -0.39 is 0 Å². The molecule has 1 saturated carbocycles. The van der Waals surface area contributed by atoms with Gasteiger partial charge in [-0.15, -0.1) is 12.4 Å². The highest BCUT2D eigenvalue weighted by Crippen LogP contribution is 2.35. The first-order valence-electron chi connectivity index (χ1n) is 9.35. The second-order valence-corrected chi connectivity index (χ2v) is 8.15. The minimum absolute atomic E-state index is 0. The summed E-state index contributed by atoms with van der Waals surface area (Å²) in [6, 6.07) is 15.9. The Labute approximate surface area is 162 Å². The van der Waals surface area contributed by atoms with E-state index in [2.05, 4.69) is 71.6 Å². The molecule has 0 amide bonds. The van der Waals surface area contributed by atoms with Crippen LogP contribution in [0, 0.1) is 5.41 Å². The van der Waals surface area contributed by atoms with Crippen molar-refractivity contribution in [3.05, 3.63) is 54.4 Å². The van der Waals surface area contributed by atoms with E-state index in [0.717, 1.165) is 17.6 Å². The van der Waals surface area contributed by atoms with Gasteiger partial charge in [0.2, 0.25) is 0 Å². The predicted octanol–water partition coefficient (Wildman–Crippen LogP) is 5.71. The maximum Gasteiger partial charge on any atom is 0.0931 e. The van der Waals surface area contributed by atoms with Gasteiger partial charge in [0.1, 0.15) is 0 Å². The molecule has 3 aromatic rings. The molecule has 0 radical (unpaired) electrons. The van der Waals surface area contributed by atoms with Gasteiger partial charge in [-0.1, -0.05) is 38.1 Å². The average molecular weight is 370 g/mol. The third-order valence-electron chi connectivity index (χ3n) is 5.61. The molecule has 138 valence electrons. The highest BCUT2D eigenvalue weighted by Gasteiger charge is 2.26. The Morgan fingerprint density at radius 1 is 1.08 bits per heavy atom. The Morgan fingerprint density at radius 2 is 1.85 bits per heavy atom. The van der Waals surface area contributed by atoms with E-state index in [1.807, 2.05) is 0 Å². The Hall–Kier alpha value is -1.84. The lowest BCUT2D eigenvalue weighted by Gasteiger charge is -2.34. The second-order valence-electron chi connectivity index (χ2n) is 8.15. The van der Waals surface area contributed by atoms with Crippen LogP contribution in [-0.2, 0) is 6.54 Å². The lowest BCUT2D eigenvalue weighted by molar-refractivity contribution is 0.206. The van der Waals surface area contributed by atoms with E-state index in [1.165, 1.54) is 42.4 Å². The van der Waals surface area contributed by atoms with Crippen LogP contribution in [0.3, 0.4) is 0 Å². The molecular formula is C22H28ClN3. The summed E-state index contributed by atoms with van der Waals surface area (Å²) in [5.41, 5.74) is 6.49. The molecule has 1 aliphatic rings. The van der Waals surface area contributed by atoms with Gasteiger partial charge in [0.25, 0.3) is 0 Å². The fourth-order valence-corrected chi connectivity index (χ4v) is 3.84. The van der Waals surface area contributed by atoms with Gasteiger partial charge in [-0.05, 0) is 66.0 Å². The van der Waals surface area contributed by atoms with Gasteiger partial charge in [0, 0.05) is 12.6 Å². The third-order valence-corrected chi connectivity index (χ3v) is 5.61. The third kappa shape index (κ3) is 4.28. The first-order valence-corrected chi connectivity index (χ1v) is 9.35. The zero-order chi connectivity index (χ0) is 17.3. The number of imidazole rings is 1. The summed E-state index contributed by atoms with van der Waals surface area (Å²) < 4.78 is 0. The molecular weight excluding hydrogens is 342 g/mol. The van der Waals surface area contributed by atoms with Crippen molar-refractivity contribution in [3.8, 4) is 11.1 Å². The molecule has 0 saturated heterocycles. The highest BCUT2D eigenvalue weighted by molar-refractivity contribution is 5.85. The molecule has 3 nitrogen and oxygen atoms in total. The lowest BCUT2D eigenvalue weighted by atomic mass is 9.75. The number of fused-ring (bicyclic) bond motifs is 1. The fourth-order valence-electron chi connectivity index (χ4n) is 3.84. The van der Waals surface area contributed by atoms with E-state index >= 15 is 0 Å². The van der Waals surface area contributed by atoms with Crippen molar-refractivity contribution in [2.75, 3.05) is 0 Å². The molecule has 2 aromatic carbocycles. The van der Waals surface area contributed by atoms with Crippen LogP contribution < -0.4 is 5.32 Å². The van der Waals surface area contributed by atoms with Crippen LogP contribution in [-0.4, -0.2) is 16.0 Å². The minimum Gasteiger partial charge on any atom is -0.345 e. The largest absolute Gasteiger partial charge is 0.345 e. The van der Waals surface area contributed by atoms with E-state index in [1.54, 1.807) is 6.33 Å². The quantitative estimate of drug-likeness (QED) is 0.618. The first-order chi connectivity index (χ1) is 12.1. The van der Waals surface area contributed by atoms with Gasteiger partial charge < -0.3 is 10.3 Å². The van der Waals surface area contributed by atoms with Gasteiger partial charge in [0.15, 0.2) is 0 Å². The van der Waals surface area contributed by atoms with Crippen LogP contribution in [0.4, 0.5) is 0 Å². The summed E-state index contributed by atoms with van der Waals surface area (Å²) in [6.45, 7) is 5.73. The van der Waals surface area contributed by atoms with Crippen LogP contribution in [0.5, 0.6) is 0 Å². The van der Waals surface area contributed by atoms with Crippen molar-refractivity contribution in [1.82, 2.24) is 15.3 Å². The van der Waals surface area contributed by atoms with Crippen molar-refractivity contribution >= 4 is 23.4 Å². The van der Waals surface area contributed by atoms with Crippen LogP contribution in [0.2, 0.25) is 0 Å². The van der Waals surface area contributed by atoms with E-state index in [9.17, 15) is 0 Å². The van der Waals surface area contributed by atoms with Crippen molar-refractivity contribution in [1.29, 1.82) is 0 Å². The molecule has 2 N–H and O–H groups in total. The molecule has 0 bridgehead atoms. The van der Waals surface area contributed by atoms with E-state index in [4.69, 9.17) is 0 Å². The predicted molar refractivity (Wildman–Crippen MR) is 112 cm³/mol. The maximum absolute atomic E-state index is 4.30. The van der Waals surface area contributed by atoms with Crippen molar-refractivity contribution in [2.24, 2.45) is 5.41 Å². The molecule has 0 atom stereocenters. The highest BCUT2D eigenvalue weighted by atomic mass is 35.5. The summed E-state index contributed by atoms with van der Waals surface area (Å²) >= 11 is 0. The van der Waals surface area contributed by atoms with Gasteiger partial charge in [0.05, 0.1) is 17.4 Å². The number of aromatic nitrogens is 2. The molecule has 1 aliphatic carbocycles. The SMILES string of the molecule is CC1(C)CCC(NCc2cccc(-c3ccc4nc[nH]c4c3)c2)CC1.Cl. The Morgan fingerprint density at radius 3 is 2.65 bits per heavy atom. The Bertz CT molecular complexity index is 858. The molecule has 0 unspecified atom stereocenters. The fraction of sp³-hybridized carbons (Fsp3) is 0.409. The Kier molecular flexibility index (Phi) is 5.69. The molecule has 0 spiro atoms. The second kappa shape index (κ2) is 7.81. The van der Waals surface area contributed by atoms with Crippen LogP contribution in [0.25, 0.3) is 22.2 Å². The zero-order valence-corrected chi connectivity index (χ0v) is 16.4. The molecule has 26 heavy (non-hydrogen) atoms. The van der Waals surface area contributed by atoms with Crippen molar-refractivity contribution in [3.63, 3.8) is 0 Å². The van der Waals surface area contributed by atoms with E-state index in [-0.39, 0.29) is 12.4 Å². The molecule has 1 fully saturated rings. The summed E-state index contributed by atoms with van der Waals surface area (Å²) in [6.07, 6.45) is 7.00. The van der Waals surface area contributed by atoms with Crippen molar-refractivity contribution < 1.29 is 0 Å². The standard InChI is InChI=1S/C22H27N3.ClH/c1-22(2)10-8-19(9-11-22)23-14-16-4-3-5-17(12-16)18-6-7-20-21(13-18)25-15-24-20;/h3-7,12-13,15,19,23H,8-11,14H2,1-2H3,(H,24,25);1H. The summed E-state index contributed by atoms with van der Waals surface area (Å²) in [4.78, 5) is 7.49. The monoisotopic (exact) mass is 369 g/mol. The summed E-state index contributed by atoms with van der Waals surface area (Å²) in [7, 11) is 0. The number of halogens is 1. The van der Waals surface area contributed by atoms with Gasteiger partial charge >= 0.3 is 0 Å². The molecule has 4 rings (SSSR count). The van der Waals surface area contributed by atoms with Gasteiger partial charge in [-0.2, -0.15) is 0 Å². The maximum atomic E-state index is 4.30. The number of rotatable bonds is 4. The van der Waals surface area contributed by atoms with E-state index in [0.29, 0.717) is 11.5 Å². The normalized spacial score (nSPS) is 17.2.